The van der Waals surface area contributed by atoms with Gasteiger partial charge in [-0.1, -0.05) is 36.4 Å². The summed E-state index contributed by atoms with van der Waals surface area (Å²) in [6, 6.07) is 13.5. The monoisotopic (exact) mass is 266 g/mol. The van der Waals surface area contributed by atoms with E-state index >= 15 is 0 Å². The van der Waals surface area contributed by atoms with Crippen molar-refractivity contribution in [3.05, 3.63) is 70.8 Å². The molecule has 0 aliphatic rings. The van der Waals surface area contributed by atoms with Crippen LogP contribution in [0.15, 0.2) is 48.5 Å². The standard InChI is InChI=1S/C18H18O2/c1-13-11-16(12-14(2)18(13)20-3)17(19)10-9-15-7-5-4-6-8-15/h4-12H,1-3H3/b10-9+. The minimum Gasteiger partial charge on any atom is -0.496 e. The van der Waals surface area contributed by atoms with Crippen molar-refractivity contribution in [2.75, 3.05) is 7.11 Å². The third-order valence-corrected chi connectivity index (χ3v) is 3.18. The lowest BCUT2D eigenvalue weighted by atomic mass is 10.0. The van der Waals surface area contributed by atoms with E-state index in [1.807, 2.05) is 62.4 Å². The molecule has 0 fully saturated rings. The Kier molecular flexibility index (Phi) is 4.36. The van der Waals surface area contributed by atoms with Crippen LogP contribution in [0.25, 0.3) is 6.08 Å². The van der Waals surface area contributed by atoms with E-state index in [0.717, 1.165) is 22.4 Å². The summed E-state index contributed by atoms with van der Waals surface area (Å²) in [5.74, 6) is 0.844. The maximum Gasteiger partial charge on any atom is 0.185 e. The predicted octanol–water partition coefficient (Wildman–Crippen LogP) is 4.21. The van der Waals surface area contributed by atoms with Gasteiger partial charge in [-0.05, 0) is 48.7 Å². The molecular formula is C18H18O2. The molecular weight excluding hydrogens is 248 g/mol. The van der Waals surface area contributed by atoms with E-state index in [9.17, 15) is 4.79 Å². The second kappa shape index (κ2) is 6.20. The number of carbonyl (C=O) groups is 1. The lowest BCUT2D eigenvalue weighted by Crippen LogP contribution is -1.99. The van der Waals surface area contributed by atoms with E-state index in [4.69, 9.17) is 4.74 Å². The Balaban J connectivity index is 2.24. The zero-order chi connectivity index (χ0) is 14.5. The van der Waals surface area contributed by atoms with Gasteiger partial charge in [0.25, 0.3) is 0 Å². The molecule has 0 unspecified atom stereocenters. The first-order valence-corrected chi connectivity index (χ1v) is 6.54. The second-order valence-corrected chi connectivity index (χ2v) is 4.75. The fourth-order valence-corrected chi connectivity index (χ4v) is 2.25. The van der Waals surface area contributed by atoms with Crippen LogP contribution in [0.4, 0.5) is 0 Å². The number of benzene rings is 2. The minimum absolute atomic E-state index is 0.00251. The molecule has 0 aromatic heterocycles. The lowest BCUT2D eigenvalue weighted by Gasteiger charge is -2.09. The maximum atomic E-state index is 12.2. The molecule has 0 aliphatic heterocycles. The summed E-state index contributed by atoms with van der Waals surface area (Å²) in [6.45, 7) is 3.90. The Bertz CT molecular complexity index is 617. The molecule has 0 heterocycles. The molecule has 0 bridgehead atoms. The number of hydrogen-bond donors (Lipinski definition) is 0. The fourth-order valence-electron chi connectivity index (χ4n) is 2.25. The van der Waals surface area contributed by atoms with Gasteiger partial charge in [0.15, 0.2) is 5.78 Å². The average Bonchev–Trinajstić information content (AvgIpc) is 2.45. The highest BCUT2D eigenvalue weighted by Gasteiger charge is 2.09. The normalized spacial score (nSPS) is 10.8. The summed E-state index contributed by atoms with van der Waals surface area (Å²) < 4.78 is 5.31. The smallest absolute Gasteiger partial charge is 0.185 e. The van der Waals surface area contributed by atoms with Crippen LogP contribution in [0.5, 0.6) is 5.75 Å². The van der Waals surface area contributed by atoms with Gasteiger partial charge in [-0.15, -0.1) is 0 Å². The first-order chi connectivity index (χ1) is 9.61. The van der Waals surface area contributed by atoms with Crippen LogP contribution < -0.4 is 4.74 Å². The van der Waals surface area contributed by atoms with Gasteiger partial charge in [-0.3, -0.25) is 4.79 Å². The zero-order valence-corrected chi connectivity index (χ0v) is 12.0. The van der Waals surface area contributed by atoms with E-state index in [1.54, 1.807) is 13.2 Å². The number of carbonyl (C=O) groups excluding carboxylic acids is 1. The summed E-state index contributed by atoms with van der Waals surface area (Å²) in [4.78, 5) is 12.2. The molecule has 0 amide bonds. The molecule has 0 saturated carbocycles. The summed E-state index contributed by atoms with van der Waals surface area (Å²) in [5.41, 5.74) is 3.66. The minimum atomic E-state index is 0.00251. The van der Waals surface area contributed by atoms with Crippen LogP contribution in [0.2, 0.25) is 0 Å². The van der Waals surface area contributed by atoms with Crippen molar-refractivity contribution in [1.29, 1.82) is 0 Å². The van der Waals surface area contributed by atoms with Gasteiger partial charge in [0.05, 0.1) is 7.11 Å². The van der Waals surface area contributed by atoms with E-state index in [-0.39, 0.29) is 5.78 Å². The van der Waals surface area contributed by atoms with Crippen molar-refractivity contribution in [3.8, 4) is 5.75 Å². The number of allylic oxidation sites excluding steroid dienone is 1. The number of hydrogen-bond acceptors (Lipinski definition) is 2. The van der Waals surface area contributed by atoms with Gasteiger partial charge in [0.1, 0.15) is 5.75 Å². The molecule has 0 atom stereocenters. The van der Waals surface area contributed by atoms with E-state index in [1.165, 1.54) is 0 Å². The largest absolute Gasteiger partial charge is 0.496 e. The zero-order valence-electron chi connectivity index (χ0n) is 12.0. The van der Waals surface area contributed by atoms with Gasteiger partial charge in [-0.2, -0.15) is 0 Å². The number of aryl methyl sites for hydroxylation is 2. The van der Waals surface area contributed by atoms with Crippen LogP contribution in [-0.2, 0) is 0 Å². The maximum absolute atomic E-state index is 12.2. The van der Waals surface area contributed by atoms with Crippen LogP contribution >= 0.6 is 0 Å². The van der Waals surface area contributed by atoms with Crippen molar-refractivity contribution in [1.82, 2.24) is 0 Å². The van der Waals surface area contributed by atoms with Crippen molar-refractivity contribution >= 4 is 11.9 Å². The molecule has 2 heteroatoms. The van der Waals surface area contributed by atoms with Crippen LogP contribution in [-0.4, -0.2) is 12.9 Å². The molecule has 102 valence electrons. The fraction of sp³-hybridized carbons (Fsp3) is 0.167. The summed E-state index contributed by atoms with van der Waals surface area (Å²) in [5, 5.41) is 0. The molecule has 2 aromatic rings. The SMILES string of the molecule is COc1c(C)cc(C(=O)/C=C/c2ccccc2)cc1C. The van der Waals surface area contributed by atoms with Gasteiger partial charge in [0.2, 0.25) is 0 Å². The molecule has 0 saturated heterocycles. The number of ketones is 1. The highest BCUT2D eigenvalue weighted by molar-refractivity contribution is 6.07. The second-order valence-electron chi connectivity index (χ2n) is 4.75. The molecule has 2 aromatic carbocycles. The van der Waals surface area contributed by atoms with E-state index in [0.29, 0.717) is 5.56 Å². The third-order valence-electron chi connectivity index (χ3n) is 3.18. The molecule has 2 nitrogen and oxygen atoms in total. The molecule has 0 N–H and O–H groups in total. The Labute approximate surface area is 119 Å². The third kappa shape index (κ3) is 3.15. The number of rotatable bonds is 4. The van der Waals surface area contributed by atoms with Crippen molar-refractivity contribution < 1.29 is 9.53 Å². The van der Waals surface area contributed by atoms with Crippen LogP contribution in [0.3, 0.4) is 0 Å². The van der Waals surface area contributed by atoms with Crippen LogP contribution in [0, 0.1) is 13.8 Å². The van der Waals surface area contributed by atoms with Crippen molar-refractivity contribution in [2.24, 2.45) is 0 Å². The van der Waals surface area contributed by atoms with Gasteiger partial charge in [-0.25, -0.2) is 0 Å². The average molecular weight is 266 g/mol. The van der Waals surface area contributed by atoms with Gasteiger partial charge < -0.3 is 4.74 Å². The lowest BCUT2D eigenvalue weighted by molar-refractivity contribution is 0.104. The Morgan fingerprint density at radius 1 is 1.05 bits per heavy atom. The Morgan fingerprint density at radius 3 is 2.20 bits per heavy atom. The van der Waals surface area contributed by atoms with Gasteiger partial charge >= 0.3 is 0 Å². The highest BCUT2D eigenvalue weighted by Crippen LogP contribution is 2.24. The number of methoxy groups -OCH3 is 1. The first kappa shape index (κ1) is 14.1. The van der Waals surface area contributed by atoms with Gasteiger partial charge in [0, 0.05) is 5.56 Å². The van der Waals surface area contributed by atoms with E-state index < -0.39 is 0 Å². The van der Waals surface area contributed by atoms with Crippen molar-refractivity contribution in [2.45, 2.75) is 13.8 Å². The molecule has 0 aliphatic carbocycles. The Morgan fingerprint density at radius 2 is 1.65 bits per heavy atom. The molecule has 0 spiro atoms. The first-order valence-electron chi connectivity index (χ1n) is 6.54. The number of ether oxygens (including phenoxy) is 1. The summed E-state index contributed by atoms with van der Waals surface area (Å²) >= 11 is 0. The predicted molar refractivity (Wildman–Crippen MR) is 82.3 cm³/mol. The quantitative estimate of drug-likeness (QED) is 0.612. The Hall–Kier alpha value is -2.35. The molecule has 2 rings (SSSR count). The topological polar surface area (TPSA) is 26.3 Å². The summed E-state index contributed by atoms with van der Waals surface area (Å²) in [6.07, 6.45) is 3.44. The summed E-state index contributed by atoms with van der Waals surface area (Å²) in [7, 11) is 1.64. The van der Waals surface area contributed by atoms with Crippen molar-refractivity contribution in [3.63, 3.8) is 0 Å². The van der Waals surface area contributed by atoms with E-state index in [2.05, 4.69) is 0 Å². The highest BCUT2D eigenvalue weighted by atomic mass is 16.5. The molecule has 0 radical (unpaired) electrons. The molecule has 20 heavy (non-hydrogen) atoms. The van der Waals surface area contributed by atoms with Crippen LogP contribution in [0.1, 0.15) is 27.0 Å².